The number of para-hydroxylation sites is 1. The number of pyridine rings is 1. The minimum atomic E-state index is -0.0710. The molecule has 1 amide bonds. The molecule has 25 heavy (non-hydrogen) atoms. The Labute approximate surface area is 149 Å². The number of anilines is 1. The molecule has 0 atom stereocenters. The van der Waals surface area contributed by atoms with Gasteiger partial charge in [0.25, 0.3) is 0 Å². The lowest BCUT2D eigenvalue weighted by Crippen LogP contribution is -2.14. The Kier molecular flexibility index (Phi) is 4.03. The summed E-state index contributed by atoms with van der Waals surface area (Å²) in [5, 5.41) is 6.48. The Hall–Kier alpha value is -2.99. The molecule has 0 fully saturated rings. The van der Waals surface area contributed by atoms with E-state index in [1.807, 2.05) is 59.6 Å². The predicted octanol–water partition coefficient (Wildman–Crippen LogP) is 3.88. The van der Waals surface area contributed by atoms with Gasteiger partial charge >= 0.3 is 0 Å². The number of hydrogen-bond donors (Lipinski definition) is 1. The van der Waals surface area contributed by atoms with Gasteiger partial charge in [-0.1, -0.05) is 24.3 Å². The quantitative estimate of drug-likeness (QED) is 0.609. The first-order chi connectivity index (χ1) is 12.2. The van der Waals surface area contributed by atoms with Crippen molar-refractivity contribution >= 4 is 33.3 Å². The van der Waals surface area contributed by atoms with Crippen molar-refractivity contribution in [2.45, 2.75) is 6.42 Å². The fraction of sp³-hybridized carbons (Fsp3) is 0.105. The van der Waals surface area contributed by atoms with Crippen molar-refractivity contribution in [1.82, 2.24) is 14.5 Å². The molecule has 0 bridgehead atoms. The number of aromatic nitrogens is 3. The predicted molar refractivity (Wildman–Crippen MR) is 101 cm³/mol. The first-order valence-corrected chi connectivity index (χ1v) is 8.78. The molecule has 3 aromatic heterocycles. The Bertz CT molecular complexity index is 1040. The highest BCUT2D eigenvalue weighted by Crippen LogP contribution is 2.24. The summed E-state index contributed by atoms with van der Waals surface area (Å²) in [6, 6.07) is 13.8. The van der Waals surface area contributed by atoms with Crippen LogP contribution in [0.2, 0.25) is 0 Å². The van der Waals surface area contributed by atoms with Gasteiger partial charge in [0.05, 0.1) is 12.1 Å². The third kappa shape index (κ3) is 3.16. The molecule has 0 aliphatic heterocycles. The number of rotatable bonds is 4. The summed E-state index contributed by atoms with van der Waals surface area (Å²) in [6.45, 7) is 0. The minimum Gasteiger partial charge on any atom is -0.350 e. The molecule has 1 aromatic carbocycles. The molecule has 6 heteroatoms. The Morgan fingerprint density at radius 1 is 1.16 bits per heavy atom. The maximum atomic E-state index is 12.4. The second kappa shape index (κ2) is 6.49. The Balaban J connectivity index is 1.50. The molecule has 5 nitrogen and oxygen atoms in total. The van der Waals surface area contributed by atoms with Crippen LogP contribution in [0.5, 0.6) is 0 Å². The van der Waals surface area contributed by atoms with E-state index in [4.69, 9.17) is 0 Å². The third-order valence-electron chi connectivity index (χ3n) is 4.01. The topological polar surface area (TPSA) is 59.8 Å². The number of amides is 1. The fourth-order valence-electron chi connectivity index (χ4n) is 2.87. The number of hydrogen-bond acceptors (Lipinski definition) is 4. The molecule has 4 rings (SSSR count). The van der Waals surface area contributed by atoms with Crippen LogP contribution >= 0.6 is 11.3 Å². The summed E-state index contributed by atoms with van der Waals surface area (Å²) in [6.07, 6.45) is 4.05. The van der Waals surface area contributed by atoms with E-state index in [1.165, 1.54) is 11.3 Å². The first-order valence-electron chi connectivity index (χ1n) is 7.90. The van der Waals surface area contributed by atoms with Gasteiger partial charge in [-0.25, -0.2) is 4.98 Å². The van der Waals surface area contributed by atoms with Crippen LogP contribution in [0.15, 0.2) is 60.2 Å². The number of carbonyl (C=O) groups excluding carboxylic acids is 1. The van der Waals surface area contributed by atoms with Crippen molar-refractivity contribution in [3.8, 4) is 11.4 Å². The standard InChI is InChI=1S/C19H16N4OS/c1-23-11-13(14-6-2-3-8-17(14)23)10-18(24)22-19-21-16(12-25-19)15-7-4-5-9-20-15/h2-9,11-12H,10H2,1H3,(H,21,22,24). The average Bonchev–Trinajstić information content (AvgIpc) is 3.21. The van der Waals surface area contributed by atoms with E-state index < -0.39 is 0 Å². The van der Waals surface area contributed by atoms with Crippen molar-refractivity contribution in [3.05, 3.63) is 65.8 Å². The monoisotopic (exact) mass is 348 g/mol. The van der Waals surface area contributed by atoms with Crippen molar-refractivity contribution in [1.29, 1.82) is 0 Å². The first kappa shape index (κ1) is 15.5. The second-order valence-electron chi connectivity index (χ2n) is 5.76. The van der Waals surface area contributed by atoms with Crippen LogP contribution in [0.4, 0.5) is 5.13 Å². The van der Waals surface area contributed by atoms with Crippen molar-refractivity contribution in [2.75, 3.05) is 5.32 Å². The number of nitrogens with one attached hydrogen (secondary N) is 1. The SMILES string of the molecule is Cn1cc(CC(=O)Nc2nc(-c3ccccn3)cs2)c2ccccc21. The Morgan fingerprint density at radius 2 is 2.00 bits per heavy atom. The Morgan fingerprint density at radius 3 is 2.84 bits per heavy atom. The zero-order chi connectivity index (χ0) is 17.2. The molecule has 0 spiro atoms. The van der Waals surface area contributed by atoms with Crippen molar-refractivity contribution in [2.24, 2.45) is 7.05 Å². The molecule has 4 aromatic rings. The molecule has 0 aliphatic rings. The fourth-order valence-corrected chi connectivity index (χ4v) is 3.59. The highest BCUT2D eigenvalue weighted by atomic mass is 32.1. The van der Waals surface area contributed by atoms with E-state index in [0.717, 1.165) is 27.9 Å². The molecule has 1 N–H and O–H groups in total. The lowest BCUT2D eigenvalue weighted by Gasteiger charge is -2.01. The summed E-state index contributed by atoms with van der Waals surface area (Å²) in [4.78, 5) is 21.1. The molecular formula is C19H16N4OS. The van der Waals surface area contributed by atoms with Gasteiger partial charge in [0.1, 0.15) is 5.69 Å². The molecular weight excluding hydrogens is 332 g/mol. The van der Waals surface area contributed by atoms with Gasteiger partial charge in [0.15, 0.2) is 5.13 Å². The highest BCUT2D eigenvalue weighted by molar-refractivity contribution is 7.14. The number of carbonyl (C=O) groups is 1. The smallest absolute Gasteiger partial charge is 0.230 e. The molecule has 0 saturated carbocycles. The van der Waals surface area contributed by atoms with Crippen LogP contribution in [0.3, 0.4) is 0 Å². The molecule has 3 heterocycles. The summed E-state index contributed by atoms with van der Waals surface area (Å²) in [5.41, 5.74) is 3.70. The van der Waals surface area contributed by atoms with Gasteiger partial charge in [0, 0.05) is 35.7 Å². The molecule has 0 saturated heterocycles. The van der Waals surface area contributed by atoms with Gasteiger partial charge in [-0.15, -0.1) is 11.3 Å². The number of aryl methyl sites for hydroxylation is 1. The average molecular weight is 348 g/mol. The number of nitrogens with zero attached hydrogens (tertiary/aromatic N) is 3. The zero-order valence-electron chi connectivity index (χ0n) is 13.6. The minimum absolute atomic E-state index is 0.0710. The van der Waals surface area contributed by atoms with E-state index >= 15 is 0 Å². The van der Waals surface area contributed by atoms with E-state index in [-0.39, 0.29) is 5.91 Å². The second-order valence-corrected chi connectivity index (χ2v) is 6.62. The van der Waals surface area contributed by atoms with Crippen LogP contribution in [-0.4, -0.2) is 20.4 Å². The summed E-state index contributed by atoms with van der Waals surface area (Å²) >= 11 is 1.40. The number of thiazole rings is 1. The normalized spacial score (nSPS) is 10.9. The van der Waals surface area contributed by atoms with Crippen LogP contribution in [-0.2, 0) is 18.3 Å². The molecule has 0 radical (unpaired) electrons. The van der Waals surface area contributed by atoms with Crippen molar-refractivity contribution in [3.63, 3.8) is 0 Å². The van der Waals surface area contributed by atoms with E-state index in [9.17, 15) is 4.79 Å². The van der Waals surface area contributed by atoms with Crippen LogP contribution in [0.25, 0.3) is 22.3 Å². The zero-order valence-corrected chi connectivity index (χ0v) is 14.5. The summed E-state index contributed by atoms with van der Waals surface area (Å²) < 4.78 is 2.04. The lowest BCUT2D eigenvalue weighted by atomic mass is 10.1. The van der Waals surface area contributed by atoms with Gasteiger partial charge in [-0.3, -0.25) is 9.78 Å². The lowest BCUT2D eigenvalue weighted by molar-refractivity contribution is -0.115. The third-order valence-corrected chi connectivity index (χ3v) is 4.77. The van der Waals surface area contributed by atoms with Crippen molar-refractivity contribution < 1.29 is 4.79 Å². The summed E-state index contributed by atoms with van der Waals surface area (Å²) in [7, 11) is 1.99. The van der Waals surface area contributed by atoms with Gasteiger partial charge < -0.3 is 9.88 Å². The van der Waals surface area contributed by atoms with Crippen LogP contribution in [0.1, 0.15) is 5.56 Å². The maximum Gasteiger partial charge on any atom is 0.230 e. The van der Waals surface area contributed by atoms with E-state index in [2.05, 4.69) is 21.4 Å². The highest BCUT2D eigenvalue weighted by Gasteiger charge is 2.12. The van der Waals surface area contributed by atoms with Gasteiger partial charge in [0.2, 0.25) is 5.91 Å². The molecule has 124 valence electrons. The number of fused-ring (bicyclic) bond motifs is 1. The van der Waals surface area contributed by atoms with Crippen LogP contribution in [0, 0.1) is 0 Å². The van der Waals surface area contributed by atoms with Crippen LogP contribution < -0.4 is 5.32 Å². The van der Waals surface area contributed by atoms with Gasteiger partial charge in [-0.2, -0.15) is 0 Å². The molecule has 0 unspecified atom stereocenters. The summed E-state index contributed by atoms with van der Waals surface area (Å²) in [5.74, 6) is -0.0710. The maximum absolute atomic E-state index is 12.4. The van der Waals surface area contributed by atoms with E-state index in [0.29, 0.717) is 11.6 Å². The van der Waals surface area contributed by atoms with E-state index in [1.54, 1.807) is 6.20 Å². The largest absolute Gasteiger partial charge is 0.350 e. The molecule has 0 aliphatic carbocycles. The van der Waals surface area contributed by atoms with Gasteiger partial charge in [-0.05, 0) is 23.8 Å². The number of benzene rings is 1.